The number of benzene rings is 1. The van der Waals surface area contributed by atoms with E-state index < -0.39 is 0 Å². The number of hydrogen-bond acceptors (Lipinski definition) is 2. The van der Waals surface area contributed by atoms with Crippen molar-refractivity contribution in [3.8, 4) is 0 Å². The van der Waals surface area contributed by atoms with Crippen LogP contribution in [0.3, 0.4) is 0 Å². The average Bonchev–Trinajstić information content (AvgIpc) is 2.69. The molecule has 2 heteroatoms. The van der Waals surface area contributed by atoms with Gasteiger partial charge in [0, 0.05) is 23.8 Å². The van der Waals surface area contributed by atoms with Crippen LogP contribution < -0.4 is 5.73 Å². The number of rotatable bonds is 3. The average molecular weight is 232 g/mol. The summed E-state index contributed by atoms with van der Waals surface area (Å²) >= 11 is 0. The molecule has 1 aromatic rings. The van der Waals surface area contributed by atoms with E-state index in [-0.39, 0.29) is 0 Å². The van der Waals surface area contributed by atoms with Crippen molar-refractivity contribution in [3.63, 3.8) is 0 Å². The fraction of sp³-hybridized carbons (Fsp3) is 0.600. The van der Waals surface area contributed by atoms with E-state index in [0.29, 0.717) is 12.1 Å². The van der Waals surface area contributed by atoms with Crippen LogP contribution in [0.25, 0.3) is 0 Å². The molecule has 0 saturated carbocycles. The second-order valence-electron chi connectivity index (χ2n) is 5.28. The lowest BCUT2D eigenvalue weighted by Crippen LogP contribution is -2.36. The Morgan fingerprint density at radius 2 is 2.18 bits per heavy atom. The summed E-state index contributed by atoms with van der Waals surface area (Å²) in [6.45, 7) is 6.94. The van der Waals surface area contributed by atoms with Crippen LogP contribution in [0, 0.1) is 0 Å². The molecule has 0 aliphatic carbocycles. The monoisotopic (exact) mass is 232 g/mol. The van der Waals surface area contributed by atoms with Crippen molar-refractivity contribution in [1.29, 1.82) is 0 Å². The van der Waals surface area contributed by atoms with Crippen molar-refractivity contribution in [2.24, 2.45) is 0 Å². The fourth-order valence-corrected chi connectivity index (χ4v) is 3.20. The van der Waals surface area contributed by atoms with E-state index in [9.17, 15) is 0 Å². The fourth-order valence-electron chi connectivity index (χ4n) is 3.20. The highest BCUT2D eigenvalue weighted by atomic mass is 15.2. The summed E-state index contributed by atoms with van der Waals surface area (Å²) < 4.78 is 0. The van der Waals surface area contributed by atoms with Crippen LogP contribution in [0.2, 0.25) is 0 Å². The van der Waals surface area contributed by atoms with Crippen molar-refractivity contribution in [3.05, 3.63) is 29.8 Å². The standard InChI is InChI=1S/C15H24N2/c1-4-15-9-8-11(2)17(15)12(3)13-6-5-7-14(16)10-13/h5-7,10-12,15H,4,8-9,16H2,1-3H3. The van der Waals surface area contributed by atoms with E-state index in [1.165, 1.54) is 24.8 Å². The molecule has 1 saturated heterocycles. The summed E-state index contributed by atoms with van der Waals surface area (Å²) in [6, 6.07) is 10.2. The van der Waals surface area contributed by atoms with E-state index in [0.717, 1.165) is 11.7 Å². The van der Waals surface area contributed by atoms with Crippen LogP contribution in [0.5, 0.6) is 0 Å². The lowest BCUT2D eigenvalue weighted by atomic mass is 10.0. The summed E-state index contributed by atoms with van der Waals surface area (Å²) in [5.41, 5.74) is 8.09. The molecule has 1 fully saturated rings. The van der Waals surface area contributed by atoms with E-state index in [1.54, 1.807) is 0 Å². The number of nitrogen functional groups attached to an aromatic ring is 1. The Bertz CT molecular complexity index is 375. The van der Waals surface area contributed by atoms with Crippen LogP contribution in [-0.4, -0.2) is 17.0 Å². The van der Waals surface area contributed by atoms with Gasteiger partial charge in [0.2, 0.25) is 0 Å². The van der Waals surface area contributed by atoms with E-state index >= 15 is 0 Å². The van der Waals surface area contributed by atoms with Gasteiger partial charge in [0.15, 0.2) is 0 Å². The van der Waals surface area contributed by atoms with Crippen molar-refractivity contribution >= 4 is 5.69 Å². The molecule has 0 spiro atoms. The summed E-state index contributed by atoms with van der Waals surface area (Å²) in [7, 11) is 0. The van der Waals surface area contributed by atoms with Gasteiger partial charge in [0.05, 0.1) is 0 Å². The van der Waals surface area contributed by atoms with Crippen LogP contribution in [0.4, 0.5) is 5.69 Å². The zero-order valence-corrected chi connectivity index (χ0v) is 11.2. The van der Waals surface area contributed by atoms with Gasteiger partial charge in [-0.25, -0.2) is 0 Å². The zero-order valence-electron chi connectivity index (χ0n) is 11.2. The molecule has 3 unspecified atom stereocenters. The molecule has 1 aliphatic heterocycles. The third-order valence-electron chi connectivity index (χ3n) is 4.16. The minimum Gasteiger partial charge on any atom is -0.399 e. The van der Waals surface area contributed by atoms with Crippen molar-refractivity contribution < 1.29 is 0 Å². The minimum absolute atomic E-state index is 0.473. The molecule has 1 aromatic carbocycles. The van der Waals surface area contributed by atoms with Crippen LogP contribution in [-0.2, 0) is 0 Å². The second kappa shape index (κ2) is 5.09. The molecular formula is C15H24N2. The Labute approximate surface area is 105 Å². The highest BCUT2D eigenvalue weighted by Crippen LogP contribution is 2.35. The Kier molecular flexibility index (Phi) is 3.72. The van der Waals surface area contributed by atoms with Crippen molar-refractivity contribution in [1.82, 2.24) is 4.90 Å². The third-order valence-corrected chi connectivity index (χ3v) is 4.16. The maximum Gasteiger partial charge on any atom is 0.0326 e. The number of nitrogens with two attached hydrogens (primary N) is 1. The Balaban J connectivity index is 2.21. The molecule has 2 rings (SSSR count). The number of hydrogen-bond donors (Lipinski definition) is 1. The first-order valence-corrected chi connectivity index (χ1v) is 6.76. The van der Waals surface area contributed by atoms with Crippen molar-refractivity contribution in [2.45, 2.75) is 58.2 Å². The third kappa shape index (κ3) is 2.47. The highest BCUT2D eigenvalue weighted by Gasteiger charge is 2.33. The van der Waals surface area contributed by atoms with Crippen LogP contribution in [0.1, 0.15) is 51.6 Å². The number of likely N-dealkylation sites (tertiary alicyclic amines) is 1. The van der Waals surface area contributed by atoms with Crippen molar-refractivity contribution in [2.75, 3.05) is 5.73 Å². The SMILES string of the molecule is CCC1CCC(C)N1C(C)c1cccc(N)c1. The molecule has 2 nitrogen and oxygen atoms in total. The van der Waals surface area contributed by atoms with Gasteiger partial charge in [-0.05, 0) is 50.8 Å². The van der Waals surface area contributed by atoms with E-state index in [4.69, 9.17) is 5.73 Å². The van der Waals surface area contributed by atoms with Gasteiger partial charge in [0.25, 0.3) is 0 Å². The van der Waals surface area contributed by atoms with Crippen LogP contribution >= 0.6 is 0 Å². The summed E-state index contributed by atoms with van der Waals surface area (Å²) in [6.07, 6.45) is 3.91. The molecule has 0 radical (unpaired) electrons. The Hall–Kier alpha value is -1.02. The van der Waals surface area contributed by atoms with Gasteiger partial charge < -0.3 is 5.73 Å². The lowest BCUT2D eigenvalue weighted by molar-refractivity contribution is 0.144. The first-order valence-electron chi connectivity index (χ1n) is 6.76. The Morgan fingerprint density at radius 3 is 2.82 bits per heavy atom. The molecule has 1 aliphatic rings. The molecule has 17 heavy (non-hydrogen) atoms. The highest BCUT2D eigenvalue weighted by molar-refractivity contribution is 5.41. The largest absolute Gasteiger partial charge is 0.399 e. The van der Waals surface area contributed by atoms with Gasteiger partial charge in [-0.2, -0.15) is 0 Å². The topological polar surface area (TPSA) is 29.3 Å². The van der Waals surface area contributed by atoms with Gasteiger partial charge >= 0.3 is 0 Å². The summed E-state index contributed by atoms with van der Waals surface area (Å²) in [5.74, 6) is 0. The molecule has 0 bridgehead atoms. The Morgan fingerprint density at radius 1 is 1.41 bits per heavy atom. The van der Waals surface area contributed by atoms with Gasteiger partial charge in [-0.1, -0.05) is 19.1 Å². The molecule has 3 atom stereocenters. The molecule has 94 valence electrons. The minimum atomic E-state index is 0.473. The van der Waals surface area contributed by atoms with E-state index in [1.807, 2.05) is 6.07 Å². The number of nitrogens with zero attached hydrogens (tertiary/aromatic N) is 1. The summed E-state index contributed by atoms with van der Waals surface area (Å²) in [5, 5.41) is 0. The molecule has 0 aromatic heterocycles. The molecule has 1 heterocycles. The molecule has 0 amide bonds. The van der Waals surface area contributed by atoms with Crippen LogP contribution in [0.15, 0.2) is 24.3 Å². The molecule has 2 N–H and O–H groups in total. The quantitative estimate of drug-likeness (QED) is 0.807. The van der Waals surface area contributed by atoms with Gasteiger partial charge in [-0.15, -0.1) is 0 Å². The smallest absolute Gasteiger partial charge is 0.0326 e. The van der Waals surface area contributed by atoms with E-state index in [2.05, 4.69) is 43.9 Å². The lowest BCUT2D eigenvalue weighted by Gasteiger charge is -2.34. The van der Waals surface area contributed by atoms with Gasteiger partial charge in [0.1, 0.15) is 0 Å². The number of anilines is 1. The maximum atomic E-state index is 5.88. The predicted molar refractivity (Wildman–Crippen MR) is 73.9 cm³/mol. The first kappa shape index (κ1) is 12.4. The predicted octanol–water partition coefficient (Wildman–Crippen LogP) is 3.59. The first-order chi connectivity index (χ1) is 8.13. The normalized spacial score (nSPS) is 27.2. The maximum absolute atomic E-state index is 5.88. The van der Waals surface area contributed by atoms with Gasteiger partial charge in [-0.3, -0.25) is 4.90 Å². The summed E-state index contributed by atoms with van der Waals surface area (Å²) in [4.78, 5) is 2.66. The molecular weight excluding hydrogens is 208 g/mol. The second-order valence-corrected chi connectivity index (χ2v) is 5.28. The zero-order chi connectivity index (χ0) is 12.4.